The molecule has 0 aromatic carbocycles. The standard InChI is InChI=1S/C16H36NO.CH4O4S/c1-4-5-6-7-8-9-10-11-12-13-14-17(2,3)15-16-18;1-5-6(2,3)4/h18H,4-16H2,1-3H3;1H3,(H,2,3,4)/q+1;/p-1. The summed E-state index contributed by atoms with van der Waals surface area (Å²) in [6, 6.07) is 0. The van der Waals surface area contributed by atoms with Crippen LogP contribution >= 0.6 is 0 Å². The van der Waals surface area contributed by atoms with Crippen LogP contribution < -0.4 is 0 Å². The molecule has 0 saturated heterocycles. The van der Waals surface area contributed by atoms with Crippen LogP contribution in [0.3, 0.4) is 0 Å². The van der Waals surface area contributed by atoms with Gasteiger partial charge in [-0.05, 0) is 12.8 Å². The van der Waals surface area contributed by atoms with Crippen LogP contribution in [-0.4, -0.2) is 63.5 Å². The van der Waals surface area contributed by atoms with Crippen molar-refractivity contribution < 1.29 is 26.7 Å². The van der Waals surface area contributed by atoms with Gasteiger partial charge in [-0.15, -0.1) is 0 Å². The van der Waals surface area contributed by atoms with Gasteiger partial charge in [0.05, 0.1) is 34.4 Å². The van der Waals surface area contributed by atoms with Gasteiger partial charge in [0.15, 0.2) is 0 Å². The quantitative estimate of drug-likeness (QED) is 0.220. The number of hydrogen-bond acceptors (Lipinski definition) is 5. The molecule has 6 nitrogen and oxygen atoms in total. The molecule has 0 rings (SSSR count). The summed E-state index contributed by atoms with van der Waals surface area (Å²) in [6.45, 7) is 4.68. The van der Waals surface area contributed by atoms with E-state index in [1.165, 1.54) is 70.8 Å². The molecular formula is C17H39NO5S. The van der Waals surface area contributed by atoms with Crippen molar-refractivity contribution in [3.8, 4) is 0 Å². The number of rotatable bonds is 14. The Morgan fingerprint density at radius 2 is 1.25 bits per heavy atom. The minimum Gasteiger partial charge on any atom is -0.726 e. The maximum atomic E-state index is 9.22. The minimum absolute atomic E-state index is 0.310. The molecule has 0 spiro atoms. The van der Waals surface area contributed by atoms with Crippen molar-refractivity contribution in [3.05, 3.63) is 0 Å². The molecule has 0 aliphatic rings. The first-order valence-corrected chi connectivity index (χ1v) is 10.5. The molecule has 0 aromatic rings. The maximum Gasteiger partial charge on any atom is 0.217 e. The van der Waals surface area contributed by atoms with Gasteiger partial charge in [0.2, 0.25) is 10.4 Å². The monoisotopic (exact) mass is 369 g/mol. The lowest BCUT2D eigenvalue weighted by Crippen LogP contribution is -2.42. The molecule has 0 radical (unpaired) electrons. The molecule has 0 fully saturated rings. The van der Waals surface area contributed by atoms with Gasteiger partial charge < -0.3 is 14.1 Å². The van der Waals surface area contributed by atoms with Crippen LogP contribution in [0.4, 0.5) is 0 Å². The number of nitrogens with zero attached hydrogens (tertiary/aromatic N) is 1. The molecule has 7 heteroatoms. The molecule has 148 valence electrons. The van der Waals surface area contributed by atoms with E-state index in [1.54, 1.807) is 0 Å². The highest BCUT2D eigenvalue weighted by molar-refractivity contribution is 7.80. The molecule has 0 aliphatic heterocycles. The summed E-state index contributed by atoms with van der Waals surface area (Å²) in [7, 11) is 0.820. The van der Waals surface area contributed by atoms with Gasteiger partial charge in [-0.3, -0.25) is 4.18 Å². The lowest BCUT2D eigenvalue weighted by molar-refractivity contribution is -0.890. The van der Waals surface area contributed by atoms with E-state index in [2.05, 4.69) is 25.2 Å². The Morgan fingerprint density at radius 1 is 0.875 bits per heavy atom. The Kier molecular flexibility index (Phi) is 17.6. The first kappa shape index (κ1) is 26.0. The SMILES string of the molecule is CCCCCCCCCCCC[N+](C)(C)CCO.COS(=O)(=O)[O-]. The van der Waals surface area contributed by atoms with Crippen molar-refractivity contribution in [1.82, 2.24) is 0 Å². The highest BCUT2D eigenvalue weighted by Crippen LogP contribution is 2.11. The zero-order valence-electron chi connectivity index (χ0n) is 16.1. The summed E-state index contributed by atoms with van der Waals surface area (Å²) in [5.41, 5.74) is 0. The third-order valence-corrected chi connectivity index (χ3v) is 4.43. The zero-order chi connectivity index (χ0) is 18.9. The molecule has 0 aromatic heterocycles. The first-order chi connectivity index (χ1) is 11.2. The van der Waals surface area contributed by atoms with Gasteiger partial charge in [-0.1, -0.05) is 58.3 Å². The highest BCUT2D eigenvalue weighted by atomic mass is 32.3. The summed E-state index contributed by atoms with van der Waals surface area (Å²) in [5.74, 6) is 0. The van der Waals surface area contributed by atoms with Crippen LogP contribution in [0.5, 0.6) is 0 Å². The number of aliphatic hydroxyl groups is 1. The molecule has 0 heterocycles. The third kappa shape index (κ3) is 24.0. The van der Waals surface area contributed by atoms with Gasteiger partial charge in [0, 0.05) is 0 Å². The second kappa shape index (κ2) is 16.3. The van der Waals surface area contributed by atoms with E-state index in [1.807, 2.05) is 0 Å². The number of quaternary nitrogens is 1. The van der Waals surface area contributed by atoms with Crippen LogP contribution in [0.25, 0.3) is 0 Å². The van der Waals surface area contributed by atoms with Gasteiger partial charge in [-0.2, -0.15) is 0 Å². The van der Waals surface area contributed by atoms with Crippen molar-refractivity contribution in [2.45, 2.75) is 71.1 Å². The van der Waals surface area contributed by atoms with E-state index < -0.39 is 10.4 Å². The van der Waals surface area contributed by atoms with Gasteiger partial charge in [0.1, 0.15) is 6.54 Å². The summed E-state index contributed by atoms with van der Waals surface area (Å²) < 4.78 is 32.0. The lowest BCUT2D eigenvalue weighted by Gasteiger charge is -2.28. The molecule has 24 heavy (non-hydrogen) atoms. The molecule has 0 atom stereocenters. The number of aliphatic hydroxyl groups excluding tert-OH is 1. The minimum atomic E-state index is -4.41. The topological polar surface area (TPSA) is 86.7 Å². The van der Waals surface area contributed by atoms with Gasteiger partial charge >= 0.3 is 0 Å². The smallest absolute Gasteiger partial charge is 0.217 e. The first-order valence-electron chi connectivity index (χ1n) is 9.13. The van der Waals surface area contributed by atoms with Gasteiger partial charge in [0.25, 0.3) is 0 Å². The highest BCUT2D eigenvalue weighted by Gasteiger charge is 2.12. The van der Waals surface area contributed by atoms with Crippen molar-refractivity contribution >= 4 is 10.4 Å². The molecule has 0 bridgehead atoms. The van der Waals surface area contributed by atoms with Crippen molar-refractivity contribution in [2.24, 2.45) is 0 Å². The second-order valence-electron chi connectivity index (χ2n) is 6.86. The van der Waals surface area contributed by atoms with Crippen LogP contribution in [0.2, 0.25) is 0 Å². The Bertz CT molecular complexity index is 358. The zero-order valence-corrected chi connectivity index (χ0v) is 16.9. The number of likely N-dealkylation sites (N-methyl/N-ethyl adjacent to an activating group) is 1. The average molecular weight is 370 g/mol. The average Bonchev–Trinajstić information content (AvgIpc) is 2.49. The van der Waals surface area contributed by atoms with Crippen LogP contribution in [0, 0.1) is 0 Å². The maximum absolute atomic E-state index is 9.22. The molecule has 0 saturated carbocycles. The normalized spacial score (nSPS) is 11.9. The Balaban J connectivity index is 0. The second-order valence-corrected chi connectivity index (χ2v) is 8.01. The predicted molar refractivity (Wildman–Crippen MR) is 97.5 cm³/mol. The number of unbranched alkanes of at least 4 members (excludes halogenated alkanes) is 9. The van der Waals surface area contributed by atoms with E-state index in [0.29, 0.717) is 6.61 Å². The summed E-state index contributed by atoms with van der Waals surface area (Å²) in [6.07, 6.45) is 14.0. The van der Waals surface area contributed by atoms with E-state index >= 15 is 0 Å². The summed E-state index contributed by atoms with van der Waals surface area (Å²) in [4.78, 5) is 0. The Morgan fingerprint density at radius 3 is 1.58 bits per heavy atom. The third-order valence-electron chi connectivity index (χ3n) is 4.03. The number of hydrogen-bond donors (Lipinski definition) is 1. The fraction of sp³-hybridized carbons (Fsp3) is 1.00. The Hall–Kier alpha value is -0.210. The summed E-state index contributed by atoms with van der Waals surface area (Å²) >= 11 is 0. The van der Waals surface area contributed by atoms with Crippen LogP contribution in [0.15, 0.2) is 0 Å². The fourth-order valence-electron chi connectivity index (χ4n) is 2.41. The Labute approximate surface area is 149 Å². The summed E-state index contributed by atoms with van der Waals surface area (Å²) in [5, 5.41) is 8.95. The molecule has 1 N–H and O–H groups in total. The van der Waals surface area contributed by atoms with Crippen molar-refractivity contribution in [2.75, 3.05) is 40.9 Å². The molecular weight excluding hydrogens is 330 g/mol. The largest absolute Gasteiger partial charge is 0.726 e. The van der Waals surface area contributed by atoms with E-state index in [4.69, 9.17) is 5.11 Å². The fourth-order valence-corrected chi connectivity index (χ4v) is 2.41. The van der Waals surface area contributed by atoms with E-state index in [-0.39, 0.29) is 0 Å². The van der Waals surface area contributed by atoms with Crippen LogP contribution in [-0.2, 0) is 14.6 Å². The van der Waals surface area contributed by atoms with Crippen molar-refractivity contribution in [1.29, 1.82) is 0 Å². The lowest BCUT2D eigenvalue weighted by atomic mass is 10.1. The van der Waals surface area contributed by atoms with E-state index in [0.717, 1.165) is 18.1 Å². The molecule has 0 unspecified atom stereocenters. The van der Waals surface area contributed by atoms with Crippen molar-refractivity contribution in [3.63, 3.8) is 0 Å². The van der Waals surface area contributed by atoms with E-state index in [9.17, 15) is 13.0 Å². The molecule has 0 amide bonds. The predicted octanol–water partition coefficient (Wildman–Crippen LogP) is 3.07. The van der Waals surface area contributed by atoms with Gasteiger partial charge in [-0.25, -0.2) is 8.42 Å². The molecule has 0 aliphatic carbocycles. The van der Waals surface area contributed by atoms with Crippen LogP contribution in [0.1, 0.15) is 71.1 Å².